The van der Waals surface area contributed by atoms with Crippen molar-refractivity contribution in [1.82, 2.24) is 10.2 Å². The molecule has 2 aromatic rings. The molecule has 36 heavy (non-hydrogen) atoms. The zero-order chi connectivity index (χ0) is 26.0. The van der Waals surface area contributed by atoms with Gasteiger partial charge in [-0.1, -0.05) is 48.0 Å². The van der Waals surface area contributed by atoms with Crippen LogP contribution in [-0.2, 0) is 25.6 Å². The Balaban J connectivity index is 1.34. The molecule has 2 heterocycles. The van der Waals surface area contributed by atoms with Gasteiger partial charge in [0.15, 0.2) is 0 Å². The van der Waals surface area contributed by atoms with Gasteiger partial charge in [0.2, 0.25) is 11.8 Å². The van der Waals surface area contributed by atoms with Crippen LogP contribution in [0.25, 0.3) is 0 Å². The van der Waals surface area contributed by atoms with Crippen LogP contribution >= 0.6 is 23.2 Å². The summed E-state index contributed by atoms with van der Waals surface area (Å²) in [5.41, 5.74) is 3.48. The maximum absolute atomic E-state index is 12.9. The second kappa shape index (κ2) is 10.6. The van der Waals surface area contributed by atoms with Crippen LogP contribution in [0.4, 0.5) is 11.4 Å². The molecule has 0 aliphatic carbocycles. The van der Waals surface area contributed by atoms with Gasteiger partial charge in [-0.3, -0.25) is 24.1 Å². The summed E-state index contributed by atoms with van der Waals surface area (Å²) in [5, 5.41) is 8.61. The lowest BCUT2D eigenvalue weighted by Crippen LogP contribution is -2.52. The molecule has 3 N–H and O–H groups in total. The van der Waals surface area contributed by atoms with Crippen molar-refractivity contribution in [2.24, 2.45) is 0 Å². The first kappa shape index (κ1) is 25.5. The van der Waals surface area contributed by atoms with Crippen molar-refractivity contribution >= 4 is 58.2 Å². The van der Waals surface area contributed by atoms with E-state index in [2.05, 4.69) is 22.5 Å². The predicted molar refractivity (Wildman–Crippen MR) is 138 cm³/mol. The number of hydrogen-bond acceptors (Lipinski definition) is 5. The summed E-state index contributed by atoms with van der Waals surface area (Å²) in [6.45, 7) is 5.60. The lowest BCUT2D eigenvalue weighted by molar-refractivity contribution is -0.146. The van der Waals surface area contributed by atoms with E-state index in [1.54, 1.807) is 24.3 Å². The molecule has 0 aromatic heterocycles. The van der Waals surface area contributed by atoms with Crippen LogP contribution in [0.1, 0.15) is 30.4 Å². The van der Waals surface area contributed by atoms with Crippen molar-refractivity contribution in [2.45, 2.75) is 38.6 Å². The second-order valence-electron chi connectivity index (χ2n) is 8.65. The van der Waals surface area contributed by atoms with E-state index in [0.717, 1.165) is 16.0 Å². The minimum Gasteiger partial charge on any atom is -0.350 e. The molecule has 0 radical (unpaired) electrons. The fraction of sp³-hybridized carbons (Fsp3) is 0.231. The number of allylic oxidation sites excluding steroid dienone is 1. The molecule has 0 spiro atoms. The molecule has 8 nitrogen and oxygen atoms in total. The normalized spacial score (nSPS) is 18.0. The Bertz CT molecular complexity index is 1300. The van der Waals surface area contributed by atoms with Gasteiger partial charge in [0.25, 0.3) is 11.8 Å². The highest BCUT2D eigenvalue weighted by molar-refractivity contribution is 6.48. The number of rotatable bonds is 7. The summed E-state index contributed by atoms with van der Waals surface area (Å²) >= 11 is 12.3. The fourth-order valence-electron chi connectivity index (χ4n) is 3.97. The van der Waals surface area contributed by atoms with Crippen molar-refractivity contribution in [1.29, 1.82) is 0 Å². The van der Waals surface area contributed by atoms with Crippen molar-refractivity contribution in [2.75, 3.05) is 10.6 Å². The van der Waals surface area contributed by atoms with Crippen LogP contribution in [0.5, 0.6) is 0 Å². The van der Waals surface area contributed by atoms with E-state index < -0.39 is 23.8 Å². The average Bonchev–Trinajstić information content (AvgIpc) is 3.04. The molecule has 2 aromatic carbocycles. The van der Waals surface area contributed by atoms with Gasteiger partial charge < -0.3 is 16.0 Å². The van der Waals surface area contributed by atoms with Gasteiger partial charge >= 0.3 is 0 Å². The van der Waals surface area contributed by atoms with Gasteiger partial charge in [-0.15, -0.1) is 0 Å². The number of piperidine rings is 1. The number of carbonyl (C=O) groups is 4. The van der Waals surface area contributed by atoms with Crippen molar-refractivity contribution in [3.8, 4) is 0 Å². The minimum atomic E-state index is -0.937. The number of benzene rings is 2. The second-order valence-corrected chi connectivity index (χ2v) is 9.44. The zero-order valence-corrected chi connectivity index (χ0v) is 21.0. The smallest absolute Gasteiger partial charge is 0.279 e. The number of halogens is 2. The number of nitrogens with one attached hydrogen (secondary N) is 3. The molecule has 0 bridgehead atoms. The van der Waals surface area contributed by atoms with Gasteiger partial charge in [-0.25, -0.2) is 0 Å². The first-order valence-electron chi connectivity index (χ1n) is 11.3. The summed E-state index contributed by atoms with van der Waals surface area (Å²) in [7, 11) is 0. The lowest BCUT2D eigenvalue weighted by Gasteiger charge is -2.29. The van der Waals surface area contributed by atoms with Gasteiger partial charge in [-0.2, -0.15) is 0 Å². The number of anilines is 2. The van der Waals surface area contributed by atoms with Crippen LogP contribution in [0, 0.1) is 6.92 Å². The van der Waals surface area contributed by atoms with E-state index in [0.29, 0.717) is 41.4 Å². The van der Waals surface area contributed by atoms with Crippen molar-refractivity contribution in [3.05, 3.63) is 81.6 Å². The van der Waals surface area contributed by atoms with E-state index in [4.69, 9.17) is 23.2 Å². The molecule has 1 unspecified atom stereocenters. The molecule has 0 saturated carbocycles. The van der Waals surface area contributed by atoms with Gasteiger partial charge in [-0.05, 0) is 61.6 Å². The number of amides is 4. The highest BCUT2D eigenvalue weighted by Crippen LogP contribution is 2.30. The Morgan fingerprint density at radius 3 is 2.44 bits per heavy atom. The molecule has 1 fully saturated rings. The Kier molecular flexibility index (Phi) is 7.47. The lowest BCUT2D eigenvalue weighted by atomic mass is 10.0. The number of carbonyl (C=O) groups excluding carboxylic acids is 4. The molecule has 1 saturated heterocycles. The molecular weight excluding hydrogens is 503 g/mol. The molecule has 4 amide bonds. The predicted octanol–water partition coefficient (Wildman–Crippen LogP) is 4.24. The Morgan fingerprint density at radius 1 is 1.08 bits per heavy atom. The summed E-state index contributed by atoms with van der Waals surface area (Å²) in [4.78, 5) is 51.1. The molecule has 1 atom stereocenters. The number of nitrogens with zero attached hydrogens (tertiary/aromatic N) is 1. The van der Waals surface area contributed by atoms with E-state index >= 15 is 0 Å². The summed E-state index contributed by atoms with van der Waals surface area (Å²) in [6, 6.07) is 11.5. The molecule has 10 heteroatoms. The SMILES string of the molecule is C=C1CCC(N2C(=O)C(Cl)=C(Nc3ccc(CCC(=O)Nc4ccc(C)c(Cl)c4)cc3)C2=O)C(=O)N1. The minimum absolute atomic E-state index is 0.0808. The molecule has 4 rings (SSSR count). The van der Waals surface area contributed by atoms with Crippen molar-refractivity contribution in [3.63, 3.8) is 0 Å². The fourth-order valence-corrected chi connectivity index (χ4v) is 4.37. The maximum Gasteiger partial charge on any atom is 0.279 e. The summed E-state index contributed by atoms with van der Waals surface area (Å²) in [6.07, 6.45) is 1.53. The Morgan fingerprint density at radius 2 is 1.78 bits per heavy atom. The topological polar surface area (TPSA) is 108 Å². The van der Waals surface area contributed by atoms with Crippen LogP contribution < -0.4 is 16.0 Å². The maximum atomic E-state index is 12.9. The molecule has 2 aliphatic rings. The Labute approximate surface area is 218 Å². The van der Waals surface area contributed by atoms with E-state index in [-0.39, 0.29) is 23.1 Å². The van der Waals surface area contributed by atoms with Gasteiger partial charge in [0, 0.05) is 28.5 Å². The quantitative estimate of drug-likeness (QED) is 0.467. The first-order chi connectivity index (χ1) is 17.1. The van der Waals surface area contributed by atoms with E-state index in [1.165, 1.54) is 0 Å². The van der Waals surface area contributed by atoms with Gasteiger partial charge in [0.05, 0.1) is 0 Å². The van der Waals surface area contributed by atoms with Gasteiger partial charge in [0.1, 0.15) is 16.8 Å². The van der Waals surface area contributed by atoms with Crippen LogP contribution in [0.3, 0.4) is 0 Å². The highest BCUT2D eigenvalue weighted by atomic mass is 35.5. The standard InChI is InChI=1S/C26H24Cl2N4O4/c1-14-3-8-18(13-19(14)27)30-21(33)12-7-16-5-9-17(10-6-16)31-23-22(28)25(35)32(26(23)36)20-11-4-15(2)29-24(20)34/h3,5-6,8-10,13,20,31H,2,4,7,11-12H2,1H3,(H,29,34)(H,30,33). The van der Waals surface area contributed by atoms with E-state index in [9.17, 15) is 19.2 Å². The third kappa shape index (κ3) is 5.45. The number of aryl methyl sites for hydroxylation is 2. The Hall–Kier alpha value is -3.62. The summed E-state index contributed by atoms with van der Waals surface area (Å²) in [5.74, 6) is -1.97. The monoisotopic (exact) mass is 526 g/mol. The molecule has 2 aliphatic heterocycles. The third-order valence-corrected chi connectivity index (χ3v) is 6.77. The van der Waals surface area contributed by atoms with Crippen LogP contribution in [-0.4, -0.2) is 34.6 Å². The van der Waals surface area contributed by atoms with E-state index in [1.807, 2.05) is 25.1 Å². The summed E-state index contributed by atoms with van der Waals surface area (Å²) < 4.78 is 0. The number of imide groups is 1. The number of hydrogen-bond donors (Lipinski definition) is 3. The van der Waals surface area contributed by atoms with Crippen LogP contribution in [0.2, 0.25) is 5.02 Å². The molecule has 186 valence electrons. The third-order valence-electron chi connectivity index (χ3n) is 6.01. The van der Waals surface area contributed by atoms with Crippen LogP contribution in [0.15, 0.2) is 65.5 Å². The zero-order valence-electron chi connectivity index (χ0n) is 19.5. The molecular formula is C26H24Cl2N4O4. The first-order valence-corrected chi connectivity index (χ1v) is 12.1. The average molecular weight is 527 g/mol. The highest BCUT2D eigenvalue weighted by Gasteiger charge is 2.45. The largest absolute Gasteiger partial charge is 0.350 e. The van der Waals surface area contributed by atoms with Crippen molar-refractivity contribution < 1.29 is 19.2 Å².